The highest BCUT2D eigenvalue weighted by atomic mass is 16.3. The second-order valence-electron chi connectivity index (χ2n) is 6.06. The molecule has 2 aromatic rings. The Hall–Kier alpha value is -2.15. The first-order valence-corrected chi connectivity index (χ1v) is 7.99. The first-order valence-electron chi connectivity index (χ1n) is 7.99. The van der Waals surface area contributed by atoms with E-state index in [0.717, 1.165) is 25.9 Å². The number of carbonyl (C=O) groups excluding carboxylic acids is 1. The lowest BCUT2D eigenvalue weighted by Crippen LogP contribution is -2.41. The second kappa shape index (κ2) is 6.16. The van der Waals surface area contributed by atoms with Gasteiger partial charge >= 0.3 is 0 Å². The van der Waals surface area contributed by atoms with Crippen molar-refractivity contribution < 1.29 is 9.21 Å². The summed E-state index contributed by atoms with van der Waals surface area (Å²) < 4.78 is 5.47. The van der Waals surface area contributed by atoms with E-state index in [0.29, 0.717) is 23.9 Å². The molecule has 7 heteroatoms. The fraction of sp³-hybridized carbons (Fsp3) is 0.562. The molecule has 0 aliphatic carbocycles. The molecule has 1 fully saturated rings. The molecule has 124 valence electrons. The maximum absolute atomic E-state index is 12.8. The minimum absolute atomic E-state index is 0.192. The van der Waals surface area contributed by atoms with E-state index >= 15 is 0 Å². The molecule has 1 amide bonds. The van der Waals surface area contributed by atoms with Crippen molar-refractivity contribution in [2.24, 2.45) is 0 Å². The number of amides is 1. The van der Waals surface area contributed by atoms with Crippen LogP contribution in [0.25, 0.3) is 11.1 Å². The van der Waals surface area contributed by atoms with Crippen molar-refractivity contribution in [3.05, 3.63) is 28.0 Å². The Balaban J connectivity index is 1.88. The van der Waals surface area contributed by atoms with Gasteiger partial charge in [-0.2, -0.15) is 0 Å². The average Bonchev–Trinajstić information content (AvgIpc) is 3.10. The molecular formula is C16H22N4O3. The molecule has 1 unspecified atom stereocenters. The molecule has 1 saturated heterocycles. The maximum atomic E-state index is 12.8. The van der Waals surface area contributed by atoms with Crippen molar-refractivity contribution in [3.8, 4) is 0 Å². The zero-order valence-electron chi connectivity index (χ0n) is 13.8. The smallest absolute Gasteiger partial charge is 0.262 e. The van der Waals surface area contributed by atoms with E-state index in [9.17, 15) is 9.59 Å². The predicted molar refractivity (Wildman–Crippen MR) is 86.6 cm³/mol. The van der Waals surface area contributed by atoms with Gasteiger partial charge in [0.1, 0.15) is 11.1 Å². The van der Waals surface area contributed by atoms with Gasteiger partial charge < -0.3 is 14.3 Å². The van der Waals surface area contributed by atoms with Crippen LogP contribution < -0.4 is 5.56 Å². The number of aromatic nitrogens is 2. The van der Waals surface area contributed by atoms with Gasteiger partial charge in [0, 0.05) is 19.6 Å². The zero-order chi connectivity index (χ0) is 16.6. The molecule has 1 N–H and O–H groups in total. The van der Waals surface area contributed by atoms with Gasteiger partial charge in [-0.25, -0.2) is 4.98 Å². The molecule has 1 aliphatic heterocycles. The number of aryl methyl sites for hydroxylation is 1. The fourth-order valence-electron chi connectivity index (χ4n) is 3.42. The highest BCUT2D eigenvalue weighted by molar-refractivity contribution is 6.06. The molecule has 1 atom stereocenters. The summed E-state index contributed by atoms with van der Waals surface area (Å²) in [5.74, 6) is 0.238. The molecule has 3 rings (SSSR count). The van der Waals surface area contributed by atoms with Gasteiger partial charge in [-0.3, -0.25) is 14.5 Å². The highest BCUT2D eigenvalue weighted by Gasteiger charge is 2.29. The molecule has 0 aromatic carbocycles. The van der Waals surface area contributed by atoms with E-state index in [1.54, 1.807) is 18.9 Å². The van der Waals surface area contributed by atoms with Crippen molar-refractivity contribution in [1.82, 2.24) is 19.8 Å². The van der Waals surface area contributed by atoms with Crippen molar-refractivity contribution >= 4 is 17.0 Å². The minimum Gasteiger partial charge on any atom is -0.442 e. The Morgan fingerprint density at radius 3 is 3.09 bits per heavy atom. The molecule has 7 nitrogen and oxygen atoms in total. The van der Waals surface area contributed by atoms with E-state index in [-0.39, 0.29) is 22.6 Å². The number of hydrogen-bond donors (Lipinski definition) is 1. The Morgan fingerprint density at radius 2 is 2.35 bits per heavy atom. The van der Waals surface area contributed by atoms with Crippen LogP contribution in [-0.2, 0) is 0 Å². The van der Waals surface area contributed by atoms with Crippen LogP contribution in [0.15, 0.2) is 15.5 Å². The number of likely N-dealkylation sites (N-methyl/N-ethyl adjacent to an activating group) is 2. The van der Waals surface area contributed by atoms with Crippen molar-refractivity contribution in [2.75, 3.05) is 26.7 Å². The summed E-state index contributed by atoms with van der Waals surface area (Å²) in [6.07, 6.45) is 3.54. The standard InChI is InChI=1S/C16H22N4O3/c1-4-20-7-5-6-11(20)8-19(3)16(22)12-10(2)23-15-13(12)14(21)17-9-18-15/h9,11H,4-8H2,1-3H3,(H,17,18,21). The van der Waals surface area contributed by atoms with E-state index in [4.69, 9.17) is 4.42 Å². The Bertz CT molecular complexity index is 779. The van der Waals surface area contributed by atoms with E-state index in [1.165, 1.54) is 6.33 Å². The number of rotatable bonds is 4. The molecule has 0 saturated carbocycles. The fourth-order valence-corrected chi connectivity index (χ4v) is 3.42. The number of furan rings is 1. The Labute approximate surface area is 134 Å². The molecule has 23 heavy (non-hydrogen) atoms. The largest absolute Gasteiger partial charge is 0.442 e. The lowest BCUT2D eigenvalue weighted by atomic mass is 10.1. The van der Waals surface area contributed by atoms with Gasteiger partial charge in [0.2, 0.25) is 5.71 Å². The number of likely N-dealkylation sites (tertiary alicyclic amines) is 1. The summed E-state index contributed by atoms with van der Waals surface area (Å²) in [6.45, 7) is 6.55. The van der Waals surface area contributed by atoms with E-state index in [1.807, 2.05) is 0 Å². The lowest BCUT2D eigenvalue weighted by Gasteiger charge is -2.27. The molecule has 1 aliphatic rings. The van der Waals surface area contributed by atoms with Crippen LogP contribution in [0.3, 0.4) is 0 Å². The average molecular weight is 318 g/mol. The topological polar surface area (TPSA) is 82.4 Å². The third kappa shape index (κ3) is 2.76. The van der Waals surface area contributed by atoms with E-state index in [2.05, 4.69) is 21.8 Å². The summed E-state index contributed by atoms with van der Waals surface area (Å²) in [5, 5.41) is 0.237. The third-order valence-corrected chi connectivity index (χ3v) is 4.62. The number of carbonyl (C=O) groups is 1. The molecular weight excluding hydrogens is 296 g/mol. The maximum Gasteiger partial charge on any atom is 0.262 e. The summed E-state index contributed by atoms with van der Waals surface area (Å²) >= 11 is 0. The van der Waals surface area contributed by atoms with Gasteiger partial charge in [-0.15, -0.1) is 0 Å². The Morgan fingerprint density at radius 1 is 1.57 bits per heavy atom. The first-order chi connectivity index (χ1) is 11.0. The first kappa shape index (κ1) is 15.7. The summed E-state index contributed by atoms with van der Waals surface area (Å²) in [7, 11) is 1.78. The SMILES string of the molecule is CCN1CCCC1CN(C)C(=O)c1c(C)oc2nc[nH]c(=O)c12. The van der Waals surface area contributed by atoms with Crippen LogP contribution >= 0.6 is 0 Å². The third-order valence-electron chi connectivity index (χ3n) is 4.62. The van der Waals surface area contributed by atoms with Gasteiger partial charge in [0.25, 0.3) is 11.5 Å². The van der Waals surface area contributed by atoms with Crippen molar-refractivity contribution in [1.29, 1.82) is 0 Å². The summed E-state index contributed by atoms with van der Waals surface area (Å²) in [6, 6.07) is 0.379. The van der Waals surface area contributed by atoms with Crippen LogP contribution in [-0.4, -0.2) is 58.4 Å². The summed E-state index contributed by atoms with van der Waals surface area (Å²) in [4.78, 5) is 35.5. The van der Waals surface area contributed by atoms with E-state index < -0.39 is 0 Å². The van der Waals surface area contributed by atoms with Gasteiger partial charge in [0.15, 0.2) is 0 Å². The van der Waals surface area contributed by atoms with Gasteiger partial charge in [-0.05, 0) is 32.9 Å². The molecule has 3 heterocycles. The number of aromatic amines is 1. The number of hydrogen-bond acceptors (Lipinski definition) is 5. The number of fused-ring (bicyclic) bond motifs is 1. The number of H-pyrrole nitrogens is 1. The lowest BCUT2D eigenvalue weighted by molar-refractivity contribution is 0.0754. The molecule has 2 aromatic heterocycles. The second-order valence-corrected chi connectivity index (χ2v) is 6.06. The van der Waals surface area contributed by atoms with Crippen LogP contribution in [0.5, 0.6) is 0 Å². The number of nitrogens with one attached hydrogen (secondary N) is 1. The summed E-state index contributed by atoms with van der Waals surface area (Å²) in [5.41, 5.74) is 0.177. The van der Waals surface area contributed by atoms with Gasteiger partial charge in [-0.1, -0.05) is 6.92 Å². The predicted octanol–water partition coefficient (Wildman–Crippen LogP) is 1.38. The quantitative estimate of drug-likeness (QED) is 0.921. The molecule has 0 spiro atoms. The van der Waals surface area contributed by atoms with Crippen molar-refractivity contribution in [2.45, 2.75) is 32.7 Å². The van der Waals surface area contributed by atoms with Crippen LogP contribution in [0, 0.1) is 6.92 Å². The van der Waals surface area contributed by atoms with Crippen LogP contribution in [0.1, 0.15) is 35.9 Å². The highest BCUT2D eigenvalue weighted by Crippen LogP contribution is 2.23. The zero-order valence-corrected chi connectivity index (χ0v) is 13.8. The van der Waals surface area contributed by atoms with Gasteiger partial charge in [0.05, 0.1) is 11.9 Å². The number of nitrogens with zero attached hydrogens (tertiary/aromatic N) is 3. The normalized spacial score (nSPS) is 18.7. The molecule has 0 bridgehead atoms. The molecule has 0 radical (unpaired) electrons. The Kier molecular flexibility index (Phi) is 4.21. The van der Waals surface area contributed by atoms with Crippen molar-refractivity contribution in [3.63, 3.8) is 0 Å². The van der Waals surface area contributed by atoms with Crippen LogP contribution in [0.4, 0.5) is 0 Å². The minimum atomic E-state index is -0.348. The van der Waals surface area contributed by atoms with Crippen LogP contribution in [0.2, 0.25) is 0 Å². The monoisotopic (exact) mass is 318 g/mol.